The molecule has 3 rings (SSSR count). The first-order valence-corrected chi connectivity index (χ1v) is 9.64. The fourth-order valence-electron chi connectivity index (χ4n) is 3.69. The van der Waals surface area contributed by atoms with E-state index in [1.54, 1.807) is 0 Å². The second-order valence-electron chi connectivity index (χ2n) is 6.97. The first-order valence-electron chi connectivity index (χ1n) is 9.64. The average molecular weight is 424 g/mol. The summed E-state index contributed by atoms with van der Waals surface area (Å²) in [5, 5.41) is 0. The molecule has 1 aliphatic rings. The predicted molar refractivity (Wildman–Crippen MR) is 123 cm³/mol. The van der Waals surface area contributed by atoms with E-state index >= 15 is 0 Å². The molecule has 4 nitrogen and oxygen atoms in total. The molecule has 2 N–H and O–H groups in total. The van der Waals surface area contributed by atoms with Crippen LogP contribution >= 0.6 is 24.8 Å². The lowest BCUT2D eigenvalue weighted by Gasteiger charge is -2.30. The van der Waals surface area contributed by atoms with E-state index in [0.29, 0.717) is 0 Å². The van der Waals surface area contributed by atoms with Crippen LogP contribution in [0.4, 0.5) is 11.4 Å². The Hall–Kier alpha value is -1.75. The van der Waals surface area contributed by atoms with Crippen LogP contribution in [0.15, 0.2) is 42.5 Å². The van der Waals surface area contributed by atoms with Crippen molar-refractivity contribution in [1.29, 1.82) is 0 Å². The normalized spacial score (nSPS) is 12.8. The summed E-state index contributed by atoms with van der Waals surface area (Å²) in [5.74, 6) is 0.0593. The van der Waals surface area contributed by atoms with Gasteiger partial charge in [0.25, 0.3) is 5.91 Å². The summed E-state index contributed by atoms with van der Waals surface area (Å²) in [4.78, 5) is 17.3. The molecule has 0 aliphatic carbocycles. The number of carbonyl (C=O) groups excluding carboxylic acids is 1. The van der Waals surface area contributed by atoms with Crippen molar-refractivity contribution in [1.82, 2.24) is 4.90 Å². The van der Waals surface area contributed by atoms with Crippen molar-refractivity contribution in [2.45, 2.75) is 39.7 Å². The molecule has 0 fully saturated rings. The number of nitrogens with zero attached hydrogens (tertiary/aromatic N) is 2. The summed E-state index contributed by atoms with van der Waals surface area (Å²) in [6, 6.07) is 13.9. The van der Waals surface area contributed by atoms with Gasteiger partial charge in [0.05, 0.1) is 0 Å². The molecule has 0 aromatic heterocycles. The Morgan fingerprint density at radius 1 is 1.11 bits per heavy atom. The number of hydrogen-bond donors (Lipinski definition) is 1. The van der Waals surface area contributed by atoms with Crippen LogP contribution in [0.3, 0.4) is 0 Å². The lowest BCUT2D eigenvalue weighted by molar-refractivity contribution is 0.0985. The minimum atomic E-state index is 0. The summed E-state index contributed by atoms with van der Waals surface area (Å²) in [6.45, 7) is 8.21. The Kier molecular flexibility index (Phi) is 9.80. The summed E-state index contributed by atoms with van der Waals surface area (Å²) < 4.78 is 0. The number of amides is 1. The second kappa shape index (κ2) is 11.3. The largest absolute Gasteiger partial charge is 0.398 e. The Morgan fingerprint density at radius 3 is 2.46 bits per heavy atom. The SMILES string of the molecule is CCCN(CC)Cc1ccc(C(=O)N2CCCc3c(N)cccc32)cc1.Cl.Cl. The van der Waals surface area contributed by atoms with E-state index in [4.69, 9.17) is 5.73 Å². The molecule has 2 aromatic carbocycles. The Labute approximate surface area is 180 Å². The number of halogens is 2. The van der Waals surface area contributed by atoms with Gasteiger partial charge in [-0.1, -0.05) is 32.0 Å². The monoisotopic (exact) mass is 423 g/mol. The fraction of sp³-hybridized carbons (Fsp3) is 0.409. The van der Waals surface area contributed by atoms with Gasteiger partial charge in [0.2, 0.25) is 0 Å². The topological polar surface area (TPSA) is 49.6 Å². The summed E-state index contributed by atoms with van der Waals surface area (Å²) in [6.07, 6.45) is 3.05. The lowest BCUT2D eigenvalue weighted by Crippen LogP contribution is -2.35. The Morgan fingerprint density at radius 2 is 1.82 bits per heavy atom. The van der Waals surface area contributed by atoms with Crippen LogP contribution in [0.5, 0.6) is 0 Å². The molecule has 154 valence electrons. The number of rotatable bonds is 6. The van der Waals surface area contributed by atoms with Crippen molar-refractivity contribution in [2.24, 2.45) is 0 Å². The van der Waals surface area contributed by atoms with Crippen LogP contribution in [-0.2, 0) is 13.0 Å². The lowest BCUT2D eigenvalue weighted by atomic mass is 9.99. The zero-order valence-corrected chi connectivity index (χ0v) is 18.3. The van der Waals surface area contributed by atoms with Gasteiger partial charge in [0, 0.05) is 30.0 Å². The van der Waals surface area contributed by atoms with Gasteiger partial charge in [0.15, 0.2) is 0 Å². The molecule has 0 radical (unpaired) electrons. The van der Waals surface area contributed by atoms with Gasteiger partial charge >= 0.3 is 0 Å². The molecule has 1 amide bonds. The molecular formula is C22H31Cl2N3O. The molecule has 0 unspecified atom stereocenters. The van der Waals surface area contributed by atoms with E-state index in [-0.39, 0.29) is 30.7 Å². The molecule has 0 bridgehead atoms. The standard InChI is InChI=1S/C22H29N3O.2ClH/c1-3-14-24(4-2)16-17-10-12-18(13-11-17)22(26)25-15-6-7-19-20(23)8-5-9-21(19)25;;/h5,8-13H,3-4,6-7,14-16,23H2,1-2H3;2*1H. The molecule has 0 spiro atoms. The van der Waals surface area contributed by atoms with Crippen LogP contribution in [0, 0.1) is 0 Å². The van der Waals surface area contributed by atoms with Crippen molar-refractivity contribution in [3.05, 3.63) is 59.2 Å². The van der Waals surface area contributed by atoms with Crippen molar-refractivity contribution in [3.8, 4) is 0 Å². The highest BCUT2D eigenvalue weighted by atomic mass is 35.5. The number of hydrogen-bond acceptors (Lipinski definition) is 3. The van der Waals surface area contributed by atoms with Crippen molar-refractivity contribution < 1.29 is 4.79 Å². The van der Waals surface area contributed by atoms with Crippen molar-refractivity contribution in [3.63, 3.8) is 0 Å². The van der Waals surface area contributed by atoms with E-state index in [1.807, 2.05) is 35.2 Å². The quantitative estimate of drug-likeness (QED) is 0.669. The number of anilines is 2. The number of nitrogen functional groups attached to an aromatic ring is 1. The van der Waals surface area contributed by atoms with Gasteiger partial charge < -0.3 is 10.6 Å². The molecule has 0 saturated carbocycles. The second-order valence-corrected chi connectivity index (χ2v) is 6.97. The minimum absolute atomic E-state index is 0. The first-order chi connectivity index (χ1) is 12.6. The van der Waals surface area contributed by atoms with E-state index in [1.165, 1.54) is 5.56 Å². The summed E-state index contributed by atoms with van der Waals surface area (Å²) >= 11 is 0. The number of carbonyl (C=O) groups is 1. The number of nitrogens with two attached hydrogens (primary N) is 1. The zero-order valence-electron chi connectivity index (χ0n) is 16.7. The first kappa shape index (κ1) is 24.3. The average Bonchev–Trinajstić information content (AvgIpc) is 2.67. The molecule has 2 aromatic rings. The van der Waals surface area contributed by atoms with Crippen LogP contribution in [-0.4, -0.2) is 30.4 Å². The third kappa shape index (κ3) is 5.40. The summed E-state index contributed by atoms with van der Waals surface area (Å²) in [7, 11) is 0. The van der Waals surface area contributed by atoms with Gasteiger partial charge in [-0.3, -0.25) is 9.69 Å². The van der Waals surface area contributed by atoms with E-state index in [0.717, 1.165) is 67.9 Å². The van der Waals surface area contributed by atoms with Gasteiger partial charge in [-0.2, -0.15) is 0 Å². The van der Waals surface area contributed by atoms with Crippen LogP contribution in [0.25, 0.3) is 0 Å². The van der Waals surface area contributed by atoms with Gasteiger partial charge in [-0.25, -0.2) is 0 Å². The highest BCUT2D eigenvalue weighted by Crippen LogP contribution is 2.32. The third-order valence-corrected chi connectivity index (χ3v) is 5.13. The molecule has 0 saturated heterocycles. The Balaban J connectivity index is 0.00000196. The highest BCUT2D eigenvalue weighted by molar-refractivity contribution is 6.07. The van der Waals surface area contributed by atoms with Gasteiger partial charge in [0.1, 0.15) is 0 Å². The van der Waals surface area contributed by atoms with Crippen LogP contribution in [0.1, 0.15) is 48.2 Å². The van der Waals surface area contributed by atoms with Gasteiger partial charge in [-0.05, 0) is 67.7 Å². The van der Waals surface area contributed by atoms with E-state index < -0.39 is 0 Å². The molecular weight excluding hydrogens is 393 g/mol. The maximum Gasteiger partial charge on any atom is 0.258 e. The van der Waals surface area contributed by atoms with Crippen molar-refractivity contribution >= 4 is 42.1 Å². The minimum Gasteiger partial charge on any atom is -0.398 e. The van der Waals surface area contributed by atoms with Crippen molar-refractivity contribution in [2.75, 3.05) is 30.3 Å². The van der Waals surface area contributed by atoms with E-state index in [9.17, 15) is 4.79 Å². The number of benzene rings is 2. The maximum atomic E-state index is 13.0. The summed E-state index contributed by atoms with van der Waals surface area (Å²) in [5.41, 5.74) is 10.9. The molecule has 1 heterocycles. The predicted octanol–water partition coefficient (Wildman–Crippen LogP) is 4.94. The molecule has 0 atom stereocenters. The molecule has 1 aliphatic heterocycles. The highest BCUT2D eigenvalue weighted by Gasteiger charge is 2.24. The van der Waals surface area contributed by atoms with Crippen LogP contribution in [0.2, 0.25) is 0 Å². The van der Waals surface area contributed by atoms with Gasteiger partial charge in [-0.15, -0.1) is 24.8 Å². The molecule has 28 heavy (non-hydrogen) atoms. The third-order valence-electron chi connectivity index (χ3n) is 5.13. The number of fused-ring (bicyclic) bond motifs is 1. The van der Waals surface area contributed by atoms with E-state index in [2.05, 4.69) is 30.9 Å². The fourth-order valence-corrected chi connectivity index (χ4v) is 3.69. The zero-order chi connectivity index (χ0) is 18.5. The smallest absolute Gasteiger partial charge is 0.258 e. The molecule has 6 heteroatoms. The van der Waals surface area contributed by atoms with Crippen LogP contribution < -0.4 is 10.6 Å². The maximum absolute atomic E-state index is 13.0. The Bertz CT molecular complexity index is 765.